The number of carbonyl (C=O) groups excluding carboxylic acids is 1. The average molecular weight is 515 g/mol. The minimum Gasteiger partial charge on any atom is -0.448 e. The third kappa shape index (κ3) is 6.56. The van der Waals surface area contributed by atoms with Gasteiger partial charge in [0.2, 0.25) is 5.95 Å². The number of hydrogen-bond donors (Lipinski definition) is 3. The van der Waals surface area contributed by atoms with Crippen LogP contribution in [-0.2, 0) is 15.3 Å². The highest BCUT2D eigenvalue weighted by Crippen LogP contribution is 2.31. The molecule has 2 N–H and O–H groups in total. The zero-order chi connectivity index (χ0) is 24.6. The number of aromatic nitrogens is 2. The Bertz CT molecular complexity index is 1210. The predicted octanol–water partition coefficient (Wildman–Crippen LogP) is 5.02. The van der Waals surface area contributed by atoms with E-state index in [1.54, 1.807) is 42.5 Å². The van der Waals surface area contributed by atoms with Gasteiger partial charge < -0.3 is 15.4 Å². The molecule has 0 radical (unpaired) electrons. The molecule has 1 aliphatic heterocycles. The van der Waals surface area contributed by atoms with Gasteiger partial charge in [0.05, 0.1) is 22.8 Å². The number of thiophene rings is 1. The van der Waals surface area contributed by atoms with Crippen molar-refractivity contribution >= 4 is 45.5 Å². The van der Waals surface area contributed by atoms with Crippen LogP contribution in [0.3, 0.4) is 0 Å². The molecule has 2 atom stereocenters. The largest absolute Gasteiger partial charge is 0.448 e. The van der Waals surface area contributed by atoms with Crippen LogP contribution in [0, 0.1) is 0 Å². The summed E-state index contributed by atoms with van der Waals surface area (Å²) in [7, 11) is -2.22. The third-order valence-electron chi connectivity index (χ3n) is 5.77. The van der Waals surface area contributed by atoms with Crippen LogP contribution in [0.25, 0.3) is 10.4 Å². The molecule has 2 unspecified atom stereocenters. The maximum absolute atomic E-state index is 12.2. The van der Waals surface area contributed by atoms with Gasteiger partial charge in [0.1, 0.15) is 5.82 Å². The van der Waals surface area contributed by atoms with Crippen LogP contribution in [-0.4, -0.2) is 57.5 Å². The lowest BCUT2D eigenvalue weighted by Gasteiger charge is -2.23. The molecule has 0 saturated carbocycles. The van der Waals surface area contributed by atoms with Crippen LogP contribution in [0.15, 0.2) is 57.2 Å². The fourth-order valence-corrected chi connectivity index (χ4v) is 5.49. The smallest absolute Gasteiger partial charge is 0.441 e. The first-order valence-electron chi connectivity index (χ1n) is 11.7. The van der Waals surface area contributed by atoms with Crippen molar-refractivity contribution < 1.29 is 13.7 Å². The summed E-state index contributed by atoms with van der Waals surface area (Å²) < 4.78 is 20.5. The Morgan fingerprint density at radius 1 is 1.29 bits per heavy atom. The van der Waals surface area contributed by atoms with Gasteiger partial charge >= 0.3 is 6.09 Å². The molecular weight excluding hydrogens is 484 g/mol. The number of ether oxygens (including phenoxy) is 1. The standard InChI is InChI=1S/C24H30N6O3S2/c1-3-30-13-5-7-18(30)15-25-22-20(21-8-6-14-34-21)16-26-23(28-22)27-17-9-11-19(12-10-17)35(32)29-24(31)33-4-2/h6,8-12,14,16,18,35H,3-5,7,13,15H2,1-2H3,(H2,25,26,27,28). The summed E-state index contributed by atoms with van der Waals surface area (Å²) in [6.07, 6.45) is 3.42. The Kier molecular flexibility index (Phi) is 8.67. The second-order valence-corrected chi connectivity index (χ2v) is 10.2. The van der Waals surface area contributed by atoms with Crippen LogP contribution in [0.5, 0.6) is 0 Å². The lowest BCUT2D eigenvalue weighted by molar-refractivity contribution is 0.164. The summed E-state index contributed by atoms with van der Waals surface area (Å²) in [4.78, 5) is 24.8. The quantitative estimate of drug-likeness (QED) is 0.341. The van der Waals surface area contributed by atoms with E-state index in [2.05, 4.69) is 37.9 Å². The van der Waals surface area contributed by atoms with E-state index >= 15 is 0 Å². The van der Waals surface area contributed by atoms with Crippen molar-refractivity contribution in [1.82, 2.24) is 14.9 Å². The summed E-state index contributed by atoms with van der Waals surface area (Å²) in [6.45, 7) is 7.09. The molecule has 1 amide bonds. The van der Waals surface area contributed by atoms with Crippen molar-refractivity contribution in [2.45, 2.75) is 37.6 Å². The summed E-state index contributed by atoms with van der Waals surface area (Å²) >= 11 is 1.65. The summed E-state index contributed by atoms with van der Waals surface area (Å²) in [6, 6.07) is 11.4. The molecule has 1 fully saturated rings. The van der Waals surface area contributed by atoms with Gasteiger partial charge in [-0.05, 0) is 68.6 Å². The van der Waals surface area contributed by atoms with E-state index in [1.165, 1.54) is 12.8 Å². The van der Waals surface area contributed by atoms with Crippen LogP contribution >= 0.6 is 11.3 Å². The number of likely N-dealkylation sites (tertiary alicyclic amines) is 1. The maximum Gasteiger partial charge on any atom is 0.441 e. The van der Waals surface area contributed by atoms with Crippen LogP contribution < -0.4 is 10.6 Å². The van der Waals surface area contributed by atoms with Crippen molar-refractivity contribution in [3.8, 4) is 10.4 Å². The van der Waals surface area contributed by atoms with E-state index in [0.29, 0.717) is 16.9 Å². The number of nitrogens with zero attached hydrogens (tertiary/aromatic N) is 4. The lowest BCUT2D eigenvalue weighted by Crippen LogP contribution is -2.34. The SMILES string of the molecule is CCOC(=O)/N=[SH](=O)/c1ccc(Nc2ncc(-c3cccs3)c(NCC3CCCN3CC)n2)cc1. The zero-order valence-corrected chi connectivity index (χ0v) is 21.5. The van der Waals surface area contributed by atoms with E-state index in [1.807, 2.05) is 17.6 Å². The van der Waals surface area contributed by atoms with Crippen LogP contribution in [0.2, 0.25) is 0 Å². The average Bonchev–Trinajstić information content (AvgIpc) is 3.55. The molecule has 1 aliphatic rings. The highest BCUT2D eigenvalue weighted by molar-refractivity contribution is 7.75. The second kappa shape index (κ2) is 12.1. The van der Waals surface area contributed by atoms with Crippen molar-refractivity contribution in [3.63, 3.8) is 0 Å². The number of nitrogens with one attached hydrogen (secondary N) is 2. The minimum atomic E-state index is -2.22. The molecule has 186 valence electrons. The number of rotatable bonds is 9. The number of likely N-dealkylation sites (N-methyl/N-ethyl adjacent to an activating group) is 1. The van der Waals surface area contributed by atoms with Crippen LogP contribution in [0.1, 0.15) is 26.7 Å². The lowest BCUT2D eigenvalue weighted by atomic mass is 10.2. The van der Waals surface area contributed by atoms with Gasteiger partial charge in [0, 0.05) is 34.2 Å². The first kappa shape index (κ1) is 25.1. The molecule has 2 aromatic heterocycles. The summed E-state index contributed by atoms with van der Waals surface area (Å²) in [5.74, 6) is 1.25. The number of hydrogen-bond acceptors (Lipinski definition) is 9. The summed E-state index contributed by atoms with van der Waals surface area (Å²) in [5, 5.41) is 8.81. The molecule has 9 nitrogen and oxygen atoms in total. The van der Waals surface area contributed by atoms with Gasteiger partial charge in [-0.25, -0.2) is 14.0 Å². The van der Waals surface area contributed by atoms with Crippen LogP contribution in [0.4, 0.5) is 22.2 Å². The Hall–Kier alpha value is -3.02. The predicted molar refractivity (Wildman–Crippen MR) is 141 cm³/mol. The Labute approximate surface area is 211 Å². The van der Waals surface area contributed by atoms with E-state index < -0.39 is 16.7 Å². The highest BCUT2D eigenvalue weighted by atomic mass is 32.2. The molecular formula is C24H30N6O3S2. The summed E-state index contributed by atoms with van der Waals surface area (Å²) in [5.41, 5.74) is 1.70. The van der Waals surface area contributed by atoms with Crippen molar-refractivity contribution in [2.24, 2.45) is 4.36 Å². The Morgan fingerprint density at radius 2 is 2.11 bits per heavy atom. The molecule has 0 aliphatic carbocycles. The normalized spacial score (nSPS) is 16.8. The number of anilines is 3. The van der Waals surface area contributed by atoms with Crippen molar-refractivity contribution in [3.05, 3.63) is 48.0 Å². The molecule has 35 heavy (non-hydrogen) atoms. The Morgan fingerprint density at radius 3 is 2.83 bits per heavy atom. The third-order valence-corrected chi connectivity index (χ3v) is 7.76. The number of thiol groups is 1. The molecule has 3 heterocycles. The molecule has 0 bridgehead atoms. The fourth-order valence-electron chi connectivity index (χ4n) is 4.03. The second-order valence-electron chi connectivity index (χ2n) is 7.98. The minimum absolute atomic E-state index is 0.188. The molecule has 0 spiro atoms. The topological polar surface area (TPSA) is 109 Å². The molecule has 11 heteroatoms. The zero-order valence-electron chi connectivity index (χ0n) is 19.8. The number of carbonyl (C=O) groups is 1. The molecule has 3 aromatic rings. The monoisotopic (exact) mass is 514 g/mol. The molecule has 1 aromatic carbocycles. The first-order valence-corrected chi connectivity index (χ1v) is 13.8. The first-order chi connectivity index (χ1) is 17.1. The maximum atomic E-state index is 12.2. The van der Waals surface area contributed by atoms with Gasteiger partial charge in [-0.2, -0.15) is 4.98 Å². The highest BCUT2D eigenvalue weighted by Gasteiger charge is 2.23. The Balaban J connectivity index is 1.50. The van der Waals surface area contributed by atoms with Gasteiger partial charge in [-0.3, -0.25) is 4.90 Å². The van der Waals surface area contributed by atoms with Gasteiger partial charge in [-0.1, -0.05) is 13.0 Å². The van der Waals surface area contributed by atoms with Gasteiger partial charge in [0.15, 0.2) is 0 Å². The molecule has 4 rings (SSSR count). The van der Waals surface area contributed by atoms with Crippen molar-refractivity contribution in [1.29, 1.82) is 0 Å². The van der Waals surface area contributed by atoms with Crippen molar-refractivity contribution in [2.75, 3.05) is 36.9 Å². The fraction of sp³-hybridized carbons (Fsp3) is 0.375. The van der Waals surface area contributed by atoms with E-state index in [0.717, 1.165) is 41.6 Å². The van der Waals surface area contributed by atoms with E-state index in [-0.39, 0.29) is 6.61 Å². The van der Waals surface area contributed by atoms with E-state index in [4.69, 9.17) is 9.72 Å². The van der Waals surface area contributed by atoms with E-state index in [9.17, 15) is 9.00 Å². The van der Waals surface area contributed by atoms with Gasteiger partial charge in [-0.15, -0.1) is 15.7 Å². The number of amides is 1. The number of benzene rings is 1. The van der Waals surface area contributed by atoms with Gasteiger partial charge in [0.25, 0.3) is 0 Å². The molecule has 1 saturated heterocycles.